The Bertz CT molecular complexity index is 559. The number of methoxy groups -OCH3 is 1. The van der Waals surface area contributed by atoms with Crippen LogP contribution in [0.3, 0.4) is 0 Å². The lowest BCUT2D eigenvalue weighted by Gasteiger charge is -2.15. The van der Waals surface area contributed by atoms with Gasteiger partial charge in [0.15, 0.2) is 0 Å². The second-order valence-corrected chi connectivity index (χ2v) is 5.37. The van der Waals surface area contributed by atoms with Crippen LogP contribution in [0.4, 0.5) is 4.39 Å². The lowest BCUT2D eigenvalue weighted by atomic mass is 10.0. The third kappa shape index (κ3) is 2.78. The largest absolute Gasteiger partial charge is 0.496 e. The molecule has 2 aromatic rings. The van der Waals surface area contributed by atoms with Gasteiger partial charge in [-0.25, -0.2) is 4.39 Å². The average Bonchev–Trinajstić information content (AvgIpc) is 2.38. The van der Waals surface area contributed by atoms with Gasteiger partial charge in [0.25, 0.3) is 0 Å². The molecule has 0 saturated heterocycles. The van der Waals surface area contributed by atoms with Crippen LogP contribution < -0.4 is 4.74 Å². The highest BCUT2D eigenvalue weighted by Crippen LogP contribution is 2.37. The zero-order valence-electron chi connectivity index (χ0n) is 9.66. The smallest absolute Gasteiger partial charge is 0.124 e. The lowest BCUT2D eigenvalue weighted by molar-refractivity contribution is 0.409. The molecule has 0 N–H and O–H groups in total. The molecule has 0 bridgehead atoms. The van der Waals surface area contributed by atoms with Crippen LogP contribution in [0.25, 0.3) is 0 Å². The SMILES string of the molecule is COc1ccc(F)cc1C(Cl)c1ccccc1I. The molecule has 0 spiro atoms. The fourth-order valence-electron chi connectivity index (χ4n) is 1.75. The van der Waals surface area contributed by atoms with Gasteiger partial charge in [-0.15, -0.1) is 11.6 Å². The van der Waals surface area contributed by atoms with Crippen molar-refractivity contribution in [2.75, 3.05) is 7.11 Å². The molecule has 0 aliphatic heterocycles. The molecule has 4 heteroatoms. The van der Waals surface area contributed by atoms with Crippen molar-refractivity contribution in [3.8, 4) is 5.75 Å². The van der Waals surface area contributed by atoms with Crippen molar-refractivity contribution >= 4 is 34.2 Å². The minimum absolute atomic E-state index is 0.317. The average molecular weight is 377 g/mol. The highest BCUT2D eigenvalue weighted by atomic mass is 127. The molecule has 1 atom stereocenters. The Kier molecular flexibility index (Phi) is 4.45. The lowest BCUT2D eigenvalue weighted by Crippen LogP contribution is -2.00. The van der Waals surface area contributed by atoms with Crippen molar-refractivity contribution in [3.05, 3.63) is 63.0 Å². The maximum absolute atomic E-state index is 13.3. The third-order valence-corrected chi connectivity index (χ3v) is 4.10. The molecule has 0 fully saturated rings. The molecule has 0 heterocycles. The molecule has 0 saturated carbocycles. The fourth-order valence-corrected chi connectivity index (χ4v) is 3.00. The zero-order chi connectivity index (χ0) is 13.1. The second kappa shape index (κ2) is 5.89. The molecule has 0 amide bonds. The first-order chi connectivity index (χ1) is 8.63. The van der Waals surface area contributed by atoms with E-state index in [0.717, 1.165) is 9.13 Å². The van der Waals surface area contributed by atoms with Gasteiger partial charge in [-0.3, -0.25) is 0 Å². The summed E-state index contributed by atoms with van der Waals surface area (Å²) in [6.45, 7) is 0. The van der Waals surface area contributed by atoms with Crippen molar-refractivity contribution in [2.24, 2.45) is 0 Å². The van der Waals surface area contributed by atoms with Crippen molar-refractivity contribution in [1.29, 1.82) is 0 Å². The maximum atomic E-state index is 13.3. The zero-order valence-corrected chi connectivity index (χ0v) is 12.6. The molecule has 1 unspecified atom stereocenters. The van der Waals surface area contributed by atoms with Crippen LogP contribution in [0.5, 0.6) is 5.75 Å². The monoisotopic (exact) mass is 376 g/mol. The van der Waals surface area contributed by atoms with E-state index < -0.39 is 5.38 Å². The molecule has 94 valence electrons. The van der Waals surface area contributed by atoms with Gasteiger partial charge in [-0.1, -0.05) is 18.2 Å². The Morgan fingerprint density at radius 2 is 1.89 bits per heavy atom. The van der Waals surface area contributed by atoms with Gasteiger partial charge < -0.3 is 4.74 Å². The molecule has 2 aromatic carbocycles. The summed E-state index contributed by atoms with van der Waals surface area (Å²) in [4.78, 5) is 0. The molecule has 2 rings (SSSR count). The van der Waals surface area contributed by atoms with E-state index in [1.807, 2.05) is 24.3 Å². The predicted molar refractivity (Wildman–Crippen MR) is 79.8 cm³/mol. The molecular weight excluding hydrogens is 366 g/mol. The normalized spacial score (nSPS) is 12.2. The van der Waals surface area contributed by atoms with Crippen LogP contribution in [0.15, 0.2) is 42.5 Å². The molecule has 18 heavy (non-hydrogen) atoms. The van der Waals surface area contributed by atoms with Gasteiger partial charge in [-0.2, -0.15) is 0 Å². The summed E-state index contributed by atoms with van der Waals surface area (Å²) in [6, 6.07) is 12.1. The number of halogens is 3. The minimum Gasteiger partial charge on any atom is -0.496 e. The second-order valence-electron chi connectivity index (χ2n) is 3.77. The summed E-state index contributed by atoms with van der Waals surface area (Å²) in [5.41, 5.74) is 1.59. The van der Waals surface area contributed by atoms with E-state index in [9.17, 15) is 4.39 Å². The Balaban J connectivity index is 2.48. The first-order valence-corrected chi connectivity index (χ1v) is 6.87. The highest BCUT2D eigenvalue weighted by Gasteiger charge is 2.18. The number of ether oxygens (including phenoxy) is 1. The Labute approximate surface area is 124 Å². The van der Waals surface area contributed by atoms with E-state index in [2.05, 4.69) is 22.6 Å². The Hall–Kier alpha value is -0.810. The summed E-state index contributed by atoms with van der Waals surface area (Å²) in [6.07, 6.45) is 0. The molecule has 1 nitrogen and oxygen atoms in total. The Morgan fingerprint density at radius 1 is 1.17 bits per heavy atom. The summed E-state index contributed by atoms with van der Waals surface area (Å²) in [5.74, 6) is 0.276. The standard InChI is InChI=1S/C14H11ClFIO/c1-18-13-7-6-9(16)8-11(13)14(15)10-4-2-3-5-12(10)17/h2-8,14H,1H3. The third-order valence-electron chi connectivity index (χ3n) is 2.64. The number of rotatable bonds is 3. The highest BCUT2D eigenvalue weighted by molar-refractivity contribution is 14.1. The first kappa shape index (κ1) is 13.6. The van der Waals surface area contributed by atoms with E-state index in [0.29, 0.717) is 11.3 Å². The number of hydrogen-bond acceptors (Lipinski definition) is 1. The van der Waals surface area contributed by atoms with Gasteiger partial charge >= 0.3 is 0 Å². The summed E-state index contributed by atoms with van der Waals surface area (Å²) in [7, 11) is 1.55. The van der Waals surface area contributed by atoms with Crippen LogP contribution >= 0.6 is 34.2 Å². The molecule has 0 aromatic heterocycles. The van der Waals surface area contributed by atoms with Crippen molar-refractivity contribution in [1.82, 2.24) is 0 Å². The summed E-state index contributed by atoms with van der Waals surface area (Å²) in [5, 5.41) is -0.427. The predicted octanol–water partition coefficient (Wildman–Crippen LogP) is 4.77. The van der Waals surface area contributed by atoms with Gasteiger partial charge in [0.1, 0.15) is 11.6 Å². The van der Waals surface area contributed by atoms with Crippen LogP contribution in [0.2, 0.25) is 0 Å². The van der Waals surface area contributed by atoms with Gasteiger partial charge in [0.05, 0.1) is 12.5 Å². The maximum Gasteiger partial charge on any atom is 0.124 e. The first-order valence-electron chi connectivity index (χ1n) is 5.35. The van der Waals surface area contributed by atoms with Crippen molar-refractivity contribution < 1.29 is 9.13 Å². The molecule has 0 aliphatic rings. The van der Waals surface area contributed by atoms with Crippen LogP contribution in [0, 0.1) is 9.39 Å². The number of hydrogen-bond donors (Lipinski definition) is 0. The van der Waals surface area contributed by atoms with Crippen LogP contribution in [-0.4, -0.2) is 7.11 Å². The van der Waals surface area contributed by atoms with Gasteiger partial charge in [-0.05, 0) is 52.4 Å². The topological polar surface area (TPSA) is 9.23 Å². The van der Waals surface area contributed by atoms with E-state index in [1.165, 1.54) is 12.1 Å². The number of benzene rings is 2. The van der Waals surface area contributed by atoms with Gasteiger partial charge in [0.2, 0.25) is 0 Å². The van der Waals surface area contributed by atoms with Crippen molar-refractivity contribution in [2.45, 2.75) is 5.38 Å². The summed E-state index contributed by atoms with van der Waals surface area (Å²) >= 11 is 8.66. The Morgan fingerprint density at radius 3 is 2.56 bits per heavy atom. The van der Waals surface area contributed by atoms with E-state index in [-0.39, 0.29) is 5.82 Å². The van der Waals surface area contributed by atoms with E-state index >= 15 is 0 Å². The minimum atomic E-state index is -0.427. The van der Waals surface area contributed by atoms with Gasteiger partial charge in [0, 0.05) is 9.13 Å². The van der Waals surface area contributed by atoms with Crippen molar-refractivity contribution in [3.63, 3.8) is 0 Å². The van der Waals surface area contributed by atoms with Crippen LogP contribution in [0.1, 0.15) is 16.5 Å². The van der Waals surface area contributed by atoms with Crippen LogP contribution in [-0.2, 0) is 0 Å². The number of alkyl halides is 1. The van der Waals surface area contributed by atoms with E-state index in [4.69, 9.17) is 16.3 Å². The molecule has 0 radical (unpaired) electrons. The fraction of sp³-hybridized carbons (Fsp3) is 0.143. The van der Waals surface area contributed by atoms with E-state index in [1.54, 1.807) is 13.2 Å². The quantitative estimate of drug-likeness (QED) is 0.554. The molecule has 0 aliphatic carbocycles. The summed E-state index contributed by atoms with van der Waals surface area (Å²) < 4.78 is 19.6. The molecular formula is C14H11ClFIO.